The first kappa shape index (κ1) is 15.6. The Morgan fingerprint density at radius 2 is 2.14 bits per heavy atom. The van der Waals surface area contributed by atoms with E-state index in [-0.39, 0.29) is 6.54 Å². The lowest BCUT2D eigenvalue weighted by atomic mass is 9.85. The normalized spacial score (nSPS) is 30.3. The van der Waals surface area contributed by atoms with E-state index in [1.54, 1.807) is 0 Å². The topological polar surface area (TPSA) is 65.7 Å². The van der Waals surface area contributed by atoms with Crippen LogP contribution >= 0.6 is 0 Å². The van der Waals surface area contributed by atoms with Gasteiger partial charge in [0.1, 0.15) is 11.5 Å². The maximum absolute atomic E-state index is 10.8. The lowest BCUT2D eigenvalue weighted by Crippen LogP contribution is -2.53. The van der Waals surface area contributed by atoms with Gasteiger partial charge < -0.3 is 14.8 Å². The first-order valence-electron chi connectivity index (χ1n) is 8.34. The van der Waals surface area contributed by atoms with Crippen LogP contribution in [0.15, 0.2) is 16.5 Å². The van der Waals surface area contributed by atoms with Gasteiger partial charge in [-0.25, -0.2) is 0 Å². The zero-order chi connectivity index (χ0) is 15.7. The minimum atomic E-state index is -0.740. The molecule has 0 aliphatic heterocycles. The number of hydrogen-bond donors (Lipinski definition) is 2. The zero-order valence-electron chi connectivity index (χ0n) is 13.4. The molecule has 0 amide bonds. The van der Waals surface area contributed by atoms with Gasteiger partial charge in [-0.15, -0.1) is 0 Å². The Kier molecular flexibility index (Phi) is 4.54. The number of furan rings is 1. The average Bonchev–Trinajstić information content (AvgIpc) is 2.98. The van der Waals surface area contributed by atoms with E-state index in [4.69, 9.17) is 9.52 Å². The molecule has 122 valence electrons. The number of rotatable bonds is 8. The average molecular weight is 306 g/mol. The minimum absolute atomic E-state index is 0.148. The van der Waals surface area contributed by atoms with E-state index in [1.165, 1.54) is 6.42 Å². The number of carboxylic acid groups (broad SMARTS) is 1. The molecule has 3 rings (SSSR count). The number of aliphatic carboxylic acids is 1. The van der Waals surface area contributed by atoms with Gasteiger partial charge in [0.2, 0.25) is 0 Å². The van der Waals surface area contributed by atoms with Gasteiger partial charge in [-0.3, -0.25) is 9.69 Å². The highest BCUT2D eigenvalue weighted by Crippen LogP contribution is 2.47. The Balaban J connectivity index is 1.39. The highest BCUT2D eigenvalue weighted by Gasteiger charge is 2.37. The van der Waals surface area contributed by atoms with Crippen LogP contribution in [0.25, 0.3) is 0 Å². The smallest absolute Gasteiger partial charge is 0.317 e. The van der Waals surface area contributed by atoms with Crippen LogP contribution in [0.4, 0.5) is 0 Å². The third-order valence-electron chi connectivity index (χ3n) is 5.10. The molecule has 1 aromatic heterocycles. The first-order chi connectivity index (χ1) is 10.6. The van der Waals surface area contributed by atoms with Crippen LogP contribution in [-0.4, -0.2) is 41.1 Å². The molecule has 5 heteroatoms. The van der Waals surface area contributed by atoms with E-state index in [1.807, 2.05) is 11.8 Å². The summed E-state index contributed by atoms with van der Waals surface area (Å²) < 4.78 is 5.89. The molecule has 2 aliphatic rings. The Bertz CT molecular complexity index is 522. The molecule has 0 bridgehead atoms. The van der Waals surface area contributed by atoms with Crippen LogP contribution in [0.3, 0.4) is 0 Å². The summed E-state index contributed by atoms with van der Waals surface area (Å²) in [5.74, 6) is 2.81. The molecular formula is C17H26N2O3. The summed E-state index contributed by atoms with van der Waals surface area (Å²) in [4.78, 5) is 12.9. The van der Waals surface area contributed by atoms with Crippen molar-refractivity contribution in [1.29, 1.82) is 0 Å². The predicted molar refractivity (Wildman–Crippen MR) is 83.8 cm³/mol. The van der Waals surface area contributed by atoms with Crippen LogP contribution < -0.4 is 5.32 Å². The van der Waals surface area contributed by atoms with Gasteiger partial charge in [-0.05, 0) is 43.9 Å². The molecule has 0 saturated heterocycles. The van der Waals surface area contributed by atoms with Crippen molar-refractivity contribution in [3.8, 4) is 0 Å². The van der Waals surface area contributed by atoms with Crippen LogP contribution in [0.5, 0.6) is 0 Å². The number of carbonyl (C=O) groups is 1. The summed E-state index contributed by atoms with van der Waals surface area (Å²) >= 11 is 0. The molecule has 0 radical (unpaired) electrons. The van der Waals surface area contributed by atoms with Crippen molar-refractivity contribution < 1.29 is 14.3 Å². The molecule has 2 aliphatic carbocycles. The van der Waals surface area contributed by atoms with Gasteiger partial charge in [-0.1, -0.05) is 13.8 Å². The number of hydrogen-bond acceptors (Lipinski definition) is 4. The summed E-state index contributed by atoms with van der Waals surface area (Å²) in [6, 6.07) is 5.06. The molecule has 2 N–H and O–H groups in total. The summed E-state index contributed by atoms with van der Waals surface area (Å²) in [7, 11) is 0. The Labute approximate surface area is 131 Å². The minimum Gasteiger partial charge on any atom is -0.480 e. The summed E-state index contributed by atoms with van der Waals surface area (Å²) in [5, 5.41) is 12.4. The Hall–Kier alpha value is -1.33. The van der Waals surface area contributed by atoms with E-state index in [0.29, 0.717) is 18.0 Å². The second-order valence-corrected chi connectivity index (χ2v) is 6.78. The lowest BCUT2D eigenvalue weighted by molar-refractivity contribution is -0.139. The first-order valence-corrected chi connectivity index (χ1v) is 8.34. The molecular weight excluding hydrogens is 280 g/mol. The maximum Gasteiger partial charge on any atom is 0.317 e. The third kappa shape index (κ3) is 3.52. The molecule has 2 atom stereocenters. The number of carboxylic acids is 1. The maximum atomic E-state index is 10.8. The van der Waals surface area contributed by atoms with Gasteiger partial charge in [0.15, 0.2) is 0 Å². The predicted octanol–water partition coefficient (Wildman–Crippen LogP) is 2.43. The largest absolute Gasteiger partial charge is 0.480 e. The number of nitrogens with one attached hydrogen (secondary N) is 1. The van der Waals surface area contributed by atoms with Crippen molar-refractivity contribution in [2.75, 3.05) is 13.1 Å². The van der Waals surface area contributed by atoms with Gasteiger partial charge in [0, 0.05) is 18.0 Å². The second kappa shape index (κ2) is 6.42. The van der Waals surface area contributed by atoms with Crippen LogP contribution in [0.1, 0.15) is 50.5 Å². The van der Waals surface area contributed by atoms with E-state index in [9.17, 15) is 4.79 Å². The summed E-state index contributed by atoms with van der Waals surface area (Å²) in [6.07, 6.45) is 3.30. The summed E-state index contributed by atoms with van der Waals surface area (Å²) in [6.45, 7) is 5.99. The van der Waals surface area contributed by atoms with Crippen molar-refractivity contribution >= 4 is 5.97 Å². The fourth-order valence-electron chi connectivity index (χ4n) is 3.38. The summed E-state index contributed by atoms with van der Waals surface area (Å²) in [5.41, 5.74) is 0. The molecule has 2 unspecified atom stereocenters. The molecule has 0 aromatic carbocycles. The highest BCUT2D eigenvalue weighted by molar-refractivity contribution is 5.69. The fraction of sp³-hybridized carbons (Fsp3) is 0.706. The van der Waals surface area contributed by atoms with Gasteiger partial charge >= 0.3 is 5.97 Å². The molecule has 2 saturated carbocycles. The van der Waals surface area contributed by atoms with Crippen molar-refractivity contribution in [2.45, 2.75) is 57.7 Å². The third-order valence-corrected chi connectivity index (χ3v) is 5.10. The van der Waals surface area contributed by atoms with Gasteiger partial charge in [-0.2, -0.15) is 0 Å². The van der Waals surface area contributed by atoms with Gasteiger partial charge in [0.25, 0.3) is 0 Å². The van der Waals surface area contributed by atoms with Crippen molar-refractivity contribution in [3.05, 3.63) is 23.7 Å². The van der Waals surface area contributed by atoms with Crippen molar-refractivity contribution in [1.82, 2.24) is 10.2 Å². The highest BCUT2D eigenvalue weighted by atomic mass is 16.4. The SMILES string of the molecule is CCN(CC(=O)O)C1CC(NCc2ccc(C3CC3C)o2)C1. The van der Waals surface area contributed by atoms with E-state index >= 15 is 0 Å². The standard InChI is InChI=1S/C17H26N2O3/c1-3-19(10-17(20)21)13-7-12(8-13)18-9-14-4-5-16(22-14)15-6-11(15)2/h4-5,11-13,15,18H,3,6-10H2,1-2H3,(H,20,21). The van der Waals surface area contributed by atoms with Gasteiger partial charge in [0.05, 0.1) is 13.1 Å². The van der Waals surface area contributed by atoms with Crippen LogP contribution in [0, 0.1) is 5.92 Å². The van der Waals surface area contributed by atoms with E-state index in [0.717, 1.165) is 43.4 Å². The Morgan fingerprint density at radius 3 is 2.73 bits per heavy atom. The lowest BCUT2D eigenvalue weighted by Gasteiger charge is -2.42. The van der Waals surface area contributed by atoms with Crippen LogP contribution in [0.2, 0.25) is 0 Å². The fourth-order valence-corrected chi connectivity index (χ4v) is 3.38. The molecule has 0 spiro atoms. The number of likely N-dealkylation sites (N-methyl/N-ethyl adjacent to an activating group) is 1. The van der Waals surface area contributed by atoms with Crippen LogP contribution in [-0.2, 0) is 11.3 Å². The quantitative estimate of drug-likeness (QED) is 0.772. The zero-order valence-corrected chi connectivity index (χ0v) is 13.4. The number of nitrogens with zero attached hydrogens (tertiary/aromatic N) is 1. The monoisotopic (exact) mass is 306 g/mol. The van der Waals surface area contributed by atoms with E-state index in [2.05, 4.69) is 24.4 Å². The molecule has 22 heavy (non-hydrogen) atoms. The molecule has 1 aromatic rings. The van der Waals surface area contributed by atoms with Crippen molar-refractivity contribution in [2.24, 2.45) is 5.92 Å². The van der Waals surface area contributed by atoms with Crippen molar-refractivity contribution in [3.63, 3.8) is 0 Å². The molecule has 1 heterocycles. The Morgan fingerprint density at radius 1 is 1.41 bits per heavy atom. The second-order valence-electron chi connectivity index (χ2n) is 6.78. The van der Waals surface area contributed by atoms with E-state index < -0.39 is 5.97 Å². The molecule has 2 fully saturated rings. The molecule has 5 nitrogen and oxygen atoms in total.